The summed E-state index contributed by atoms with van der Waals surface area (Å²) in [5, 5.41) is 0.495. The molecule has 0 amide bonds. The molecule has 22 heavy (non-hydrogen) atoms. The van der Waals surface area contributed by atoms with Crippen LogP contribution in [0.3, 0.4) is 0 Å². The van der Waals surface area contributed by atoms with Gasteiger partial charge in [-0.25, -0.2) is 4.79 Å². The highest BCUT2D eigenvalue weighted by atomic mass is 35.5. The predicted molar refractivity (Wildman–Crippen MR) is 75.6 cm³/mol. The van der Waals surface area contributed by atoms with Crippen LogP contribution in [0.4, 0.5) is 13.2 Å². The molecular weight excluding hydrogens is 319 g/mol. The first-order valence-corrected chi connectivity index (χ1v) is 6.71. The molecule has 1 heterocycles. The van der Waals surface area contributed by atoms with E-state index in [9.17, 15) is 18.0 Å². The van der Waals surface area contributed by atoms with Crippen molar-refractivity contribution in [2.45, 2.75) is 13.1 Å². The van der Waals surface area contributed by atoms with Crippen molar-refractivity contribution in [1.82, 2.24) is 4.98 Å². The second kappa shape index (κ2) is 6.36. The van der Waals surface area contributed by atoms with Crippen molar-refractivity contribution in [2.24, 2.45) is 0 Å². The zero-order chi connectivity index (χ0) is 16.3. The zero-order valence-corrected chi connectivity index (χ0v) is 12.2. The number of carbonyl (C=O) groups is 1. The van der Waals surface area contributed by atoms with Crippen LogP contribution >= 0.6 is 11.6 Å². The predicted octanol–water partition coefficient (Wildman–Crippen LogP) is 4.60. The average molecular weight is 330 g/mol. The minimum absolute atomic E-state index is 0.0265. The first kappa shape index (κ1) is 16.3. The normalized spacial score (nSPS) is 11.3. The van der Waals surface area contributed by atoms with E-state index in [-0.39, 0.29) is 6.61 Å². The van der Waals surface area contributed by atoms with E-state index in [1.54, 1.807) is 24.3 Å². The summed E-state index contributed by atoms with van der Waals surface area (Å²) in [5.41, 5.74) is -0.908. The van der Waals surface area contributed by atoms with Crippen molar-refractivity contribution in [3.63, 3.8) is 0 Å². The fourth-order valence-electron chi connectivity index (χ4n) is 1.86. The van der Waals surface area contributed by atoms with Gasteiger partial charge in [0, 0.05) is 16.8 Å². The average Bonchev–Trinajstić information content (AvgIpc) is 2.46. The lowest BCUT2D eigenvalue weighted by molar-refractivity contribution is -0.141. The number of halogens is 4. The van der Waals surface area contributed by atoms with Gasteiger partial charge in [0.2, 0.25) is 0 Å². The molecular formula is C15H11ClF3NO2. The number of carbonyl (C=O) groups excluding carboxylic acids is 1. The third-order valence-corrected chi connectivity index (χ3v) is 3.08. The van der Waals surface area contributed by atoms with Gasteiger partial charge < -0.3 is 4.74 Å². The van der Waals surface area contributed by atoms with Crippen LogP contribution in [0.5, 0.6) is 0 Å². The smallest absolute Gasteiger partial charge is 0.434 e. The maximum absolute atomic E-state index is 12.9. The Labute approximate surface area is 129 Å². The SMILES string of the molecule is CCOC(=O)c1cc(-c2ccc(Cl)cc2)cnc1C(F)(F)F. The quantitative estimate of drug-likeness (QED) is 0.773. The summed E-state index contributed by atoms with van der Waals surface area (Å²) >= 11 is 5.77. The fraction of sp³-hybridized carbons (Fsp3) is 0.200. The van der Waals surface area contributed by atoms with Crippen LogP contribution in [-0.2, 0) is 10.9 Å². The Morgan fingerprint density at radius 1 is 1.23 bits per heavy atom. The molecule has 0 unspecified atom stereocenters. The molecule has 0 aliphatic rings. The Balaban J connectivity index is 2.53. The lowest BCUT2D eigenvalue weighted by atomic mass is 10.0. The molecule has 0 bridgehead atoms. The van der Waals surface area contributed by atoms with E-state index in [0.717, 1.165) is 12.3 Å². The standard InChI is InChI=1S/C15H11ClF3NO2/c1-2-22-14(21)12-7-10(8-20-13(12)15(17,18)19)9-3-5-11(16)6-4-9/h3-8H,2H2,1H3. The molecule has 2 rings (SSSR count). The molecule has 0 aliphatic heterocycles. The molecule has 7 heteroatoms. The summed E-state index contributed by atoms with van der Waals surface area (Å²) in [4.78, 5) is 15.2. The van der Waals surface area contributed by atoms with Gasteiger partial charge in [0.1, 0.15) is 0 Å². The van der Waals surface area contributed by atoms with E-state index in [1.165, 1.54) is 6.92 Å². The molecule has 1 aromatic carbocycles. The molecule has 0 spiro atoms. The topological polar surface area (TPSA) is 39.2 Å². The van der Waals surface area contributed by atoms with E-state index in [1.807, 2.05) is 0 Å². The third-order valence-electron chi connectivity index (χ3n) is 2.83. The fourth-order valence-corrected chi connectivity index (χ4v) is 1.98. The Hall–Kier alpha value is -2.08. The Bertz CT molecular complexity index is 684. The molecule has 0 fully saturated rings. The minimum Gasteiger partial charge on any atom is -0.462 e. The maximum atomic E-state index is 12.9. The van der Waals surface area contributed by atoms with E-state index < -0.39 is 23.4 Å². The van der Waals surface area contributed by atoms with E-state index in [0.29, 0.717) is 16.1 Å². The molecule has 2 aromatic rings. The maximum Gasteiger partial charge on any atom is 0.434 e. The van der Waals surface area contributed by atoms with Crippen LogP contribution in [-0.4, -0.2) is 17.6 Å². The minimum atomic E-state index is -4.74. The van der Waals surface area contributed by atoms with Crippen LogP contribution in [0.25, 0.3) is 11.1 Å². The van der Waals surface area contributed by atoms with Gasteiger partial charge in [-0.2, -0.15) is 13.2 Å². The van der Waals surface area contributed by atoms with Crippen molar-refractivity contribution in [1.29, 1.82) is 0 Å². The van der Waals surface area contributed by atoms with Gasteiger partial charge in [0.25, 0.3) is 0 Å². The molecule has 0 aliphatic carbocycles. The van der Waals surface area contributed by atoms with Gasteiger partial charge in [-0.1, -0.05) is 23.7 Å². The highest BCUT2D eigenvalue weighted by Gasteiger charge is 2.37. The van der Waals surface area contributed by atoms with Crippen molar-refractivity contribution in [2.75, 3.05) is 6.61 Å². The summed E-state index contributed by atoms with van der Waals surface area (Å²) in [5.74, 6) is -1.06. The first-order chi connectivity index (χ1) is 10.3. The number of nitrogens with zero attached hydrogens (tertiary/aromatic N) is 1. The first-order valence-electron chi connectivity index (χ1n) is 6.33. The second-order valence-corrected chi connectivity index (χ2v) is 4.78. The molecule has 0 saturated heterocycles. The van der Waals surface area contributed by atoms with Gasteiger partial charge >= 0.3 is 12.1 Å². The van der Waals surface area contributed by atoms with Gasteiger partial charge in [-0.15, -0.1) is 0 Å². The summed E-state index contributed by atoms with van der Waals surface area (Å²) in [6.45, 7) is 1.49. The number of benzene rings is 1. The lowest BCUT2D eigenvalue weighted by Gasteiger charge is -2.12. The number of ether oxygens (including phenoxy) is 1. The zero-order valence-electron chi connectivity index (χ0n) is 11.4. The summed E-state index contributed by atoms with van der Waals surface area (Å²) in [6.07, 6.45) is -3.67. The molecule has 0 saturated carbocycles. The van der Waals surface area contributed by atoms with Gasteiger partial charge in [-0.3, -0.25) is 4.98 Å². The van der Waals surface area contributed by atoms with Gasteiger partial charge in [0.05, 0.1) is 12.2 Å². The van der Waals surface area contributed by atoms with E-state index in [2.05, 4.69) is 9.72 Å². The number of aromatic nitrogens is 1. The Morgan fingerprint density at radius 3 is 2.41 bits per heavy atom. The number of esters is 1. The van der Waals surface area contributed by atoms with Crippen LogP contribution in [0.1, 0.15) is 23.0 Å². The molecule has 116 valence electrons. The molecule has 0 N–H and O–H groups in total. The summed E-state index contributed by atoms with van der Waals surface area (Å²) in [6, 6.07) is 7.57. The second-order valence-electron chi connectivity index (χ2n) is 4.35. The monoisotopic (exact) mass is 329 g/mol. The number of rotatable bonds is 3. The number of hydrogen-bond donors (Lipinski definition) is 0. The number of hydrogen-bond acceptors (Lipinski definition) is 3. The molecule has 0 atom stereocenters. The number of alkyl halides is 3. The summed E-state index contributed by atoms with van der Waals surface area (Å²) in [7, 11) is 0. The van der Waals surface area contributed by atoms with Crippen molar-refractivity contribution >= 4 is 17.6 Å². The van der Waals surface area contributed by atoms with Crippen LogP contribution in [0.15, 0.2) is 36.5 Å². The van der Waals surface area contributed by atoms with Crippen LogP contribution in [0.2, 0.25) is 5.02 Å². The highest BCUT2D eigenvalue weighted by Crippen LogP contribution is 2.33. The van der Waals surface area contributed by atoms with Crippen molar-refractivity contribution in [3.05, 3.63) is 52.8 Å². The Kier molecular flexibility index (Phi) is 4.71. The largest absolute Gasteiger partial charge is 0.462 e. The van der Waals surface area contributed by atoms with Crippen LogP contribution in [0, 0.1) is 0 Å². The molecule has 1 aromatic heterocycles. The van der Waals surface area contributed by atoms with Crippen molar-refractivity contribution < 1.29 is 22.7 Å². The molecule has 0 radical (unpaired) electrons. The van der Waals surface area contributed by atoms with Crippen LogP contribution < -0.4 is 0 Å². The number of pyridine rings is 1. The van der Waals surface area contributed by atoms with E-state index in [4.69, 9.17) is 11.6 Å². The third kappa shape index (κ3) is 3.57. The van der Waals surface area contributed by atoms with Crippen molar-refractivity contribution in [3.8, 4) is 11.1 Å². The highest BCUT2D eigenvalue weighted by molar-refractivity contribution is 6.30. The Morgan fingerprint density at radius 2 is 1.86 bits per heavy atom. The van der Waals surface area contributed by atoms with E-state index >= 15 is 0 Å². The molecule has 3 nitrogen and oxygen atoms in total. The van der Waals surface area contributed by atoms with Gasteiger partial charge in [0.15, 0.2) is 5.69 Å². The van der Waals surface area contributed by atoms with Gasteiger partial charge in [-0.05, 0) is 30.7 Å². The summed E-state index contributed by atoms with van der Waals surface area (Å²) < 4.78 is 43.5. The lowest BCUT2D eigenvalue weighted by Crippen LogP contribution is -2.17.